The highest BCUT2D eigenvalue weighted by molar-refractivity contribution is 5.33. The number of para-hydroxylation sites is 1. The van der Waals surface area contributed by atoms with Crippen molar-refractivity contribution in [3.8, 4) is 5.75 Å². The molecule has 0 bridgehead atoms. The first-order chi connectivity index (χ1) is 8.33. The first-order valence-electron chi connectivity index (χ1n) is 6.53. The minimum Gasteiger partial charge on any atom is -0.492 e. The third kappa shape index (κ3) is 2.31. The van der Waals surface area contributed by atoms with Crippen LogP contribution in [0.4, 0.5) is 0 Å². The minimum atomic E-state index is 0.402. The maximum Gasteiger partial charge on any atom is 0.123 e. The van der Waals surface area contributed by atoms with E-state index in [-0.39, 0.29) is 0 Å². The summed E-state index contributed by atoms with van der Waals surface area (Å²) in [5, 5.41) is 0. The van der Waals surface area contributed by atoms with E-state index in [0.29, 0.717) is 12.1 Å². The van der Waals surface area contributed by atoms with Gasteiger partial charge in [0.05, 0.1) is 0 Å². The molecule has 0 saturated heterocycles. The molecule has 0 aromatic heterocycles. The fourth-order valence-corrected chi connectivity index (χ4v) is 2.98. The summed E-state index contributed by atoms with van der Waals surface area (Å²) in [7, 11) is 0. The Labute approximate surface area is 103 Å². The van der Waals surface area contributed by atoms with Crippen LogP contribution in [0.25, 0.3) is 0 Å². The van der Waals surface area contributed by atoms with E-state index in [0.717, 1.165) is 31.9 Å². The molecular formula is C14H20N2O. The molecule has 1 aromatic carbocycles. The van der Waals surface area contributed by atoms with Gasteiger partial charge in [-0.2, -0.15) is 0 Å². The molecule has 1 aromatic rings. The predicted molar refractivity (Wildman–Crippen MR) is 68.0 cm³/mol. The SMILES string of the molecule is NC1CCC(N2CCOc3ccccc3C2)C1. The second-order valence-electron chi connectivity index (χ2n) is 5.15. The lowest BCUT2D eigenvalue weighted by atomic mass is 10.1. The summed E-state index contributed by atoms with van der Waals surface area (Å²) < 4.78 is 5.79. The number of hydrogen-bond acceptors (Lipinski definition) is 3. The van der Waals surface area contributed by atoms with Gasteiger partial charge in [0.15, 0.2) is 0 Å². The van der Waals surface area contributed by atoms with Crippen molar-refractivity contribution in [1.29, 1.82) is 0 Å². The van der Waals surface area contributed by atoms with Crippen molar-refractivity contribution in [3.05, 3.63) is 29.8 Å². The summed E-state index contributed by atoms with van der Waals surface area (Å²) in [6, 6.07) is 9.42. The van der Waals surface area contributed by atoms with Crippen LogP contribution in [-0.2, 0) is 6.54 Å². The van der Waals surface area contributed by atoms with Crippen LogP contribution in [0.5, 0.6) is 5.75 Å². The van der Waals surface area contributed by atoms with Crippen LogP contribution < -0.4 is 10.5 Å². The van der Waals surface area contributed by atoms with Crippen molar-refractivity contribution in [2.75, 3.05) is 13.2 Å². The monoisotopic (exact) mass is 232 g/mol. The van der Waals surface area contributed by atoms with Gasteiger partial charge in [-0.1, -0.05) is 18.2 Å². The molecule has 2 aliphatic rings. The maximum absolute atomic E-state index is 6.01. The molecule has 17 heavy (non-hydrogen) atoms. The van der Waals surface area contributed by atoms with Crippen molar-refractivity contribution < 1.29 is 4.74 Å². The molecule has 1 saturated carbocycles. The van der Waals surface area contributed by atoms with Crippen molar-refractivity contribution in [2.24, 2.45) is 5.73 Å². The highest BCUT2D eigenvalue weighted by Crippen LogP contribution is 2.28. The normalized spacial score (nSPS) is 29.5. The zero-order valence-corrected chi connectivity index (χ0v) is 10.1. The predicted octanol–water partition coefficient (Wildman–Crippen LogP) is 1.76. The average molecular weight is 232 g/mol. The molecule has 2 unspecified atom stereocenters. The van der Waals surface area contributed by atoms with Crippen LogP contribution >= 0.6 is 0 Å². The number of fused-ring (bicyclic) bond motifs is 1. The molecule has 1 aliphatic carbocycles. The van der Waals surface area contributed by atoms with E-state index in [4.69, 9.17) is 10.5 Å². The quantitative estimate of drug-likeness (QED) is 0.802. The minimum absolute atomic E-state index is 0.402. The van der Waals surface area contributed by atoms with E-state index >= 15 is 0 Å². The van der Waals surface area contributed by atoms with E-state index in [1.165, 1.54) is 18.4 Å². The fraction of sp³-hybridized carbons (Fsp3) is 0.571. The van der Waals surface area contributed by atoms with Crippen molar-refractivity contribution in [1.82, 2.24) is 4.90 Å². The molecule has 1 fully saturated rings. The Morgan fingerprint density at radius 2 is 2.12 bits per heavy atom. The number of nitrogens with zero attached hydrogens (tertiary/aromatic N) is 1. The summed E-state index contributed by atoms with van der Waals surface area (Å²) >= 11 is 0. The van der Waals surface area contributed by atoms with Crippen LogP contribution in [0.2, 0.25) is 0 Å². The van der Waals surface area contributed by atoms with Crippen molar-refractivity contribution >= 4 is 0 Å². The Bertz CT molecular complexity index is 394. The van der Waals surface area contributed by atoms with Gasteiger partial charge in [0, 0.05) is 30.7 Å². The largest absolute Gasteiger partial charge is 0.492 e. The zero-order chi connectivity index (χ0) is 11.7. The van der Waals surface area contributed by atoms with Gasteiger partial charge in [0.1, 0.15) is 12.4 Å². The van der Waals surface area contributed by atoms with E-state index in [9.17, 15) is 0 Å². The number of hydrogen-bond donors (Lipinski definition) is 1. The summed E-state index contributed by atoms with van der Waals surface area (Å²) in [5.74, 6) is 1.05. The third-order valence-corrected chi connectivity index (χ3v) is 3.94. The Morgan fingerprint density at radius 3 is 2.94 bits per heavy atom. The van der Waals surface area contributed by atoms with Gasteiger partial charge in [-0.15, -0.1) is 0 Å². The second-order valence-corrected chi connectivity index (χ2v) is 5.15. The Kier molecular flexibility index (Phi) is 3.04. The van der Waals surface area contributed by atoms with E-state index in [2.05, 4.69) is 23.1 Å². The van der Waals surface area contributed by atoms with Crippen LogP contribution in [-0.4, -0.2) is 30.1 Å². The van der Waals surface area contributed by atoms with Gasteiger partial charge in [0.2, 0.25) is 0 Å². The lowest BCUT2D eigenvalue weighted by Gasteiger charge is -2.26. The molecule has 3 rings (SSSR count). The lowest BCUT2D eigenvalue weighted by Crippen LogP contribution is -2.35. The fourth-order valence-electron chi connectivity index (χ4n) is 2.98. The van der Waals surface area contributed by atoms with E-state index in [1.807, 2.05) is 6.07 Å². The van der Waals surface area contributed by atoms with E-state index in [1.54, 1.807) is 0 Å². The standard InChI is InChI=1S/C14H20N2O/c15-12-5-6-13(9-12)16-7-8-17-14-4-2-1-3-11(14)10-16/h1-4,12-13H,5-10,15H2. The number of rotatable bonds is 1. The second kappa shape index (κ2) is 4.67. The van der Waals surface area contributed by atoms with Crippen molar-refractivity contribution in [3.63, 3.8) is 0 Å². The average Bonchev–Trinajstić information content (AvgIpc) is 2.65. The first kappa shape index (κ1) is 11.1. The molecule has 2 atom stereocenters. The smallest absolute Gasteiger partial charge is 0.123 e. The molecule has 0 amide bonds. The molecule has 3 heteroatoms. The molecule has 1 heterocycles. The Morgan fingerprint density at radius 1 is 1.24 bits per heavy atom. The molecular weight excluding hydrogens is 212 g/mol. The molecule has 0 spiro atoms. The van der Waals surface area contributed by atoms with Gasteiger partial charge in [-0.05, 0) is 25.3 Å². The molecule has 1 aliphatic heterocycles. The molecule has 2 N–H and O–H groups in total. The number of nitrogens with two attached hydrogens (primary N) is 1. The number of ether oxygens (including phenoxy) is 1. The topological polar surface area (TPSA) is 38.5 Å². The highest BCUT2D eigenvalue weighted by atomic mass is 16.5. The van der Waals surface area contributed by atoms with E-state index < -0.39 is 0 Å². The van der Waals surface area contributed by atoms with Gasteiger partial charge in [0.25, 0.3) is 0 Å². The summed E-state index contributed by atoms with van der Waals surface area (Å²) in [5.41, 5.74) is 7.32. The van der Waals surface area contributed by atoms with Gasteiger partial charge in [-0.25, -0.2) is 0 Å². The van der Waals surface area contributed by atoms with Gasteiger partial charge in [-0.3, -0.25) is 4.90 Å². The van der Waals surface area contributed by atoms with Crippen LogP contribution in [0.3, 0.4) is 0 Å². The zero-order valence-electron chi connectivity index (χ0n) is 10.1. The van der Waals surface area contributed by atoms with Gasteiger partial charge < -0.3 is 10.5 Å². The maximum atomic E-state index is 6.01. The summed E-state index contributed by atoms with van der Waals surface area (Å²) in [6.07, 6.45) is 3.55. The third-order valence-electron chi connectivity index (χ3n) is 3.94. The summed E-state index contributed by atoms with van der Waals surface area (Å²) in [6.45, 7) is 2.82. The number of benzene rings is 1. The lowest BCUT2D eigenvalue weighted by molar-refractivity contribution is 0.170. The highest BCUT2D eigenvalue weighted by Gasteiger charge is 2.28. The van der Waals surface area contributed by atoms with Crippen molar-refractivity contribution in [2.45, 2.75) is 37.9 Å². The first-order valence-corrected chi connectivity index (χ1v) is 6.53. The van der Waals surface area contributed by atoms with Crippen LogP contribution in [0.1, 0.15) is 24.8 Å². The molecule has 0 radical (unpaired) electrons. The molecule has 3 nitrogen and oxygen atoms in total. The molecule has 92 valence electrons. The Hall–Kier alpha value is -1.06. The van der Waals surface area contributed by atoms with Crippen LogP contribution in [0, 0.1) is 0 Å². The van der Waals surface area contributed by atoms with Gasteiger partial charge >= 0.3 is 0 Å². The Balaban J connectivity index is 1.76. The summed E-state index contributed by atoms with van der Waals surface area (Å²) in [4.78, 5) is 2.54. The van der Waals surface area contributed by atoms with Crippen LogP contribution in [0.15, 0.2) is 24.3 Å².